The van der Waals surface area contributed by atoms with Gasteiger partial charge < -0.3 is 0 Å². The van der Waals surface area contributed by atoms with E-state index in [-0.39, 0.29) is 0 Å². The molecule has 0 fully saturated rings. The average molecular weight is 419 g/mol. The third-order valence-corrected chi connectivity index (χ3v) is 7.39. The number of allylic oxidation sites excluding steroid dienone is 6. The first kappa shape index (κ1) is 23.1. The summed E-state index contributed by atoms with van der Waals surface area (Å²) in [6.45, 7) is 18.8. The molecule has 0 aliphatic carbocycles. The summed E-state index contributed by atoms with van der Waals surface area (Å²) in [5, 5.41) is 0. The molecule has 0 N–H and O–H groups in total. The molecule has 150 valence electrons. The van der Waals surface area contributed by atoms with Gasteiger partial charge in [-0.05, 0) is 48.6 Å². The smallest absolute Gasteiger partial charge is 0.0343 e. The van der Waals surface area contributed by atoms with Crippen molar-refractivity contribution in [3.8, 4) is 11.1 Å². The van der Waals surface area contributed by atoms with Crippen LogP contribution in [0.4, 0.5) is 0 Å². The van der Waals surface area contributed by atoms with Crippen molar-refractivity contribution in [1.29, 1.82) is 0 Å². The topological polar surface area (TPSA) is 0 Å². The zero-order valence-corrected chi connectivity index (χ0v) is 19.7. The van der Waals surface area contributed by atoms with Gasteiger partial charge in [-0.1, -0.05) is 117 Å². The van der Waals surface area contributed by atoms with Crippen LogP contribution in [0.2, 0.25) is 0 Å². The first-order valence-corrected chi connectivity index (χ1v) is 11.6. The molecule has 0 saturated heterocycles. The molecule has 0 atom stereocenters. The van der Waals surface area contributed by atoms with Crippen molar-refractivity contribution in [2.45, 2.75) is 44.4 Å². The molecular weight excluding hydrogens is 388 g/mol. The lowest BCUT2D eigenvalue weighted by Crippen LogP contribution is -1.99. The van der Waals surface area contributed by atoms with Crippen LogP contribution in [-0.4, -0.2) is 0 Å². The fraction of sp³-hybridized carbons (Fsp3) is 0.185. The molecule has 0 spiro atoms. The minimum Gasteiger partial charge on any atom is -0.0979 e. The molecule has 0 amide bonds. The van der Waals surface area contributed by atoms with Gasteiger partial charge >= 0.3 is 0 Å². The van der Waals surface area contributed by atoms with Crippen molar-refractivity contribution < 1.29 is 0 Å². The van der Waals surface area contributed by atoms with Gasteiger partial charge in [0.15, 0.2) is 0 Å². The number of benzene rings is 2. The van der Waals surface area contributed by atoms with Crippen LogP contribution in [0.25, 0.3) is 11.1 Å². The number of thioether (sulfide) groups is 2. The molecule has 29 heavy (non-hydrogen) atoms. The van der Waals surface area contributed by atoms with Gasteiger partial charge in [0.05, 0.1) is 0 Å². The van der Waals surface area contributed by atoms with Crippen molar-refractivity contribution in [2.75, 3.05) is 0 Å². The maximum atomic E-state index is 4.39. The first-order chi connectivity index (χ1) is 14.1. The highest BCUT2D eigenvalue weighted by Crippen LogP contribution is 2.54. The molecule has 3 rings (SSSR count). The molecule has 0 bridgehead atoms. The van der Waals surface area contributed by atoms with Crippen LogP contribution in [0, 0.1) is 6.92 Å². The van der Waals surface area contributed by atoms with Gasteiger partial charge in [0, 0.05) is 19.6 Å². The Balaban J connectivity index is 0.00000145. The van der Waals surface area contributed by atoms with E-state index in [0.717, 1.165) is 5.57 Å². The maximum Gasteiger partial charge on any atom is 0.0343 e. The van der Waals surface area contributed by atoms with E-state index in [1.54, 1.807) is 11.8 Å². The number of rotatable bonds is 5. The molecule has 0 aromatic heterocycles. The number of hydrogen-bond donors (Lipinski definition) is 0. The Morgan fingerprint density at radius 1 is 0.966 bits per heavy atom. The molecule has 1 aliphatic heterocycles. The summed E-state index contributed by atoms with van der Waals surface area (Å²) in [6, 6.07) is 15.0. The maximum absolute atomic E-state index is 4.39. The van der Waals surface area contributed by atoms with Crippen LogP contribution in [0.5, 0.6) is 0 Å². The highest BCUT2D eigenvalue weighted by Gasteiger charge is 2.24. The molecule has 0 radical (unpaired) electrons. The first-order valence-electron chi connectivity index (χ1n) is 9.97. The van der Waals surface area contributed by atoms with Crippen LogP contribution in [0.15, 0.2) is 111 Å². The van der Waals surface area contributed by atoms with Crippen molar-refractivity contribution in [3.05, 3.63) is 106 Å². The van der Waals surface area contributed by atoms with Gasteiger partial charge in [0.25, 0.3) is 0 Å². The van der Waals surface area contributed by atoms with E-state index < -0.39 is 0 Å². The van der Waals surface area contributed by atoms with Crippen LogP contribution in [0.1, 0.15) is 33.3 Å². The Labute approximate surface area is 185 Å². The van der Waals surface area contributed by atoms with Crippen molar-refractivity contribution in [2.24, 2.45) is 0 Å². The Morgan fingerprint density at radius 2 is 1.66 bits per heavy atom. The molecule has 0 saturated carbocycles. The zero-order chi connectivity index (χ0) is 21.4. The predicted molar refractivity (Wildman–Crippen MR) is 135 cm³/mol. The van der Waals surface area contributed by atoms with Crippen LogP contribution < -0.4 is 0 Å². The fourth-order valence-corrected chi connectivity index (χ4v) is 5.58. The summed E-state index contributed by atoms with van der Waals surface area (Å²) in [5.74, 6) is 0. The van der Waals surface area contributed by atoms with E-state index in [2.05, 4.69) is 81.6 Å². The lowest BCUT2D eigenvalue weighted by molar-refractivity contribution is 1.17. The van der Waals surface area contributed by atoms with Gasteiger partial charge in [0.1, 0.15) is 0 Å². The van der Waals surface area contributed by atoms with Crippen molar-refractivity contribution >= 4 is 23.5 Å². The van der Waals surface area contributed by atoms with Gasteiger partial charge in [-0.3, -0.25) is 0 Å². The molecule has 2 aromatic carbocycles. The third kappa shape index (κ3) is 5.26. The van der Waals surface area contributed by atoms with Gasteiger partial charge in [0.2, 0.25) is 0 Å². The molecular formula is C27H30S2. The Hall–Kier alpha value is -2.16. The Morgan fingerprint density at radius 3 is 2.28 bits per heavy atom. The van der Waals surface area contributed by atoms with E-state index >= 15 is 0 Å². The van der Waals surface area contributed by atoms with Crippen LogP contribution >= 0.6 is 23.5 Å². The lowest BCUT2D eigenvalue weighted by Gasteiger charge is -2.25. The summed E-state index contributed by atoms with van der Waals surface area (Å²) in [4.78, 5) is 5.01. The Bertz CT molecular complexity index is 973. The Kier molecular flexibility index (Phi) is 8.88. The molecule has 0 nitrogen and oxygen atoms in total. The monoisotopic (exact) mass is 418 g/mol. The van der Waals surface area contributed by atoms with Crippen molar-refractivity contribution in [1.82, 2.24) is 0 Å². The quantitative estimate of drug-likeness (QED) is 0.443. The minimum absolute atomic E-state index is 1.06. The summed E-state index contributed by atoms with van der Waals surface area (Å²) < 4.78 is 0. The highest BCUT2D eigenvalue weighted by molar-refractivity contribution is 8.09. The highest BCUT2D eigenvalue weighted by atomic mass is 32.2. The number of aryl methyl sites for hydroxylation is 1. The summed E-state index contributed by atoms with van der Waals surface area (Å²) in [6.07, 6.45) is 8.17. The van der Waals surface area contributed by atoms with E-state index in [1.165, 1.54) is 41.9 Å². The standard InChI is InChI=1S/C25H24S2.C2H6/c1-6-8-12-17(3)19(5)24-22(7-2)26-23-18(4)15-16-21(25(23)27-24)20-13-10-9-11-14-20;1-2/h6-16H,2,5H2,1,3-4H3;1-2H3/b8-6-,17-12+;. The van der Waals surface area contributed by atoms with Gasteiger partial charge in [-0.15, -0.1) is 0 Å². The normalized spacial score (nSPS) is 13.6. The molecule has 2 heteroatoms. The van der Waals surface area contributed by atoms with Crippen LogP contribution in [0.3, 0.4) is 0 Å². The number of fused-ring (bicyclic) bond motifs is 1. The molecule has 1 aliphatic rings. The van der Waals surface area contributed by atoms with Crippen LogP contribution in [-0.2, 0) is 0 Å². The summed E-state index contributed by atoms with van der Waals surface area (Å²) in [5.41, 5.74) is 6.05. The second-order valence-corrected chi connectivity index (χ2v) is 8.48. The summed E-state index contributed by atoms with van der Waals surface area (Å²) in [7, 11) is 0. The van der Waals surface area contributed by atoms with Crippen molar-refractivity contribution in [3.63, 3.8) is 0 Å². The second kappa shape index (κ2) is 11.1. The minimum atomic E-state index is 1.06. The fourth-order valence-electron chi connectivity index (χ4n) is 2.91. The van der Waals surface area contributed by atoms with E-state index in [0.29, 0.717) is 0 Å². The van der Waals surface area contributed by atoms with E-state index in [1.807, 2.05) is 44.7 Å². The number of hydrogen-bond acceptors (Lipinski definition) is 2. The molecule has 2 aromatic rings. The lowest BCUT2D eigenvalue weighted by atomic mass is 10.0. The zero-order valence-electron chi connectivity index (χ0n) is 18.1. The SMILES string of the molecule is C=CC1=C(C(=C)/C(C)=C/C=C\C)Sc2c(-c3ccccc3)ccc(C)c2S1.CC. The summed E-state index contributed by atoms with van der Waals surface area (Å²) >= 11 is 3.62. The largest absolute Gasteiger partial charge is 0.0979 e. The van der Waals surface area contributed by atoms with Gasteiger partial charge in [-0.25, -0.2) is 0 Å². The predicted octanol–water partition coefficient (Wildman–Crippen LogP) is 9.36. The van der Waals surface area contributed by atoms with E-state index in [4.69, 9.17) is 0 Å². The molecule has 0 unspecified atom stereocenters. The average Bonchev–Trinajstić information content (AvgIpc) is 2.78. The van der Waals surface area contributed by atoms with Gasteiger partial charge in [-0.2, -0.15) is 0 Å². The third-order valence-electron chi connectivity index (χ3n) is 4.51. The van der Waals surface area contributed by atoms with E-state index in [9.17, 15) is 0 Å². The second-order valence-electron chi connectivity index (χ2n) is 6.41. The molecule has 1 heterocycles.